The minimum atomic E-state index is -0.692. The highest BCUT2D eigenvalue weighted by atomic mass is 19.1. The number of imidazole rings is 1. The average molecular weight is 587 g/mol. The molecular formula is C32H39FN8O2. The molecule has 3 heterocycles. The normalized spacial score (nSPS) is 15.0. The van der Waals surface area contributed by atoms with Crippen LogP contribution < -0.4 is 10.6 Å². The number of anilines is 1. The number of fused-ring (bicyclic) bond motifs is 3. The molecule has 226 valence electrons. The van der Waals surface area contributed by atoms with Crippen molar-refractivity contribution in [1.82, 2.24) is 29.7 Å². The first-order valence-corrected chi connectivity index (χ1v) is 14.5. The molecule has 0 bridgehead atoms. The largest absolute Gasteiger partial charge is 0.333 e. The third kappa shape index (κ3) is 6.30. The molecule has 1 aromatic carbocycles. The standard InChI is InChI=1S/C32H39FN8O2/c1-8-40(19(2)3)29(34-7)24-10-9-11-27(36-24)37-30(42)22-15-25-21(14-23(22)33)16-39(31(43)38-32(4,5)6)17-26-28(20-12-13-20)35-18-41(25)26/h8-11,14-15,18-20H,1,12-13,16-17H2,2-7H3,(H,38,43)(H,36,37,42)/b34-29-. The van der Waals surface area contributed by atoms with Gasteiger partial charge in [0, 0.05) is 31.1 Å². The first-order chi connectivity index (χ1) is 20.4. The molecule has 10 nitrogen and oxygen atoms in total. The van der Waals surface area contributed by atoms with Crippen LogP contribution in [0.5, 0.6) is 0 Å². The van der Waals surface area contributed by atoms with Gasteiger partial charge in [0.2, 0.25) is 0 Å². The Morgan fingerprint density at radius 3 is 2.58 bits per heavy atom. The number of hydrogen-bond donors (Lipinski definition) is 2. The Labute approximate surface area is 251 Å². The van der Waals surface area contributed by atoms with E-state index >= 15 is 4.39 Å². The van der Waals surface area contributed by atoms with Crippen LogP contribution in [0.4, 0.5) is 15.0 Å². The molecular weight excluding hydrogens is 547 g/mol. The van der Waals surface area contributed by atoms with Gasteiger partial charge in [-0.15, -0.1) is 0 Å². The number of nitrogens with one attached hydrogen (secondary N) is 2. The van der Waals surface area contributed by atoms with E-state index in [1.807, 2.05) is 44.1 Å². The number of amidine groups is 1. The zero-order valence-electron chi connectivity index (χ0n) is 25.6. The smallest absolute Gasteiger partial charge is 0.318 e. The van der Waals surface area contributed by atoms with Crippen molar-refractivity contribution in [3.05, 3.63) is 83.5 Å². The number of aliphatic imine (C=N–C) groups is 1. The molecule has 0 atom stereocenters. The van der Waals surface area contributed by atoms with Crippen LogP contribution in [0.2, 0.25) is 0 Å². The first kappa shape index (κ1) is 29.9. The molecule has 0 saturated heterocycles. The number of amides is 3. The Morgan fingerprint density at radius 1 is 1.21 bits per heavy atom. The molecule has 3 aromatic rings. The van der Waals surface area contributed by atoms with Crippen LogP contribution in [0.3, 0.4) is 0 Å². The molecule has 5 rings (SSSR count). The molecule has 3 amide bonds. The summed E-state index contributed by atoms with van der Waals surface area (Å²) in [6, 6.07) is 7.91. The predicted octanol–water partition coefficient (Wildman–Crippen LogP) is 5.59. The van der Waals surface area contributed by atoms with Gasteiger partial charge in [0.25, 0.3) is 5.91 Å². The number of rotatable bonds is 6. The lowest BCUT2D eigenvalue weighted by atomic mass is 10.1. The van der Waals surface area contributed by atoms with Gasteiger partial charge in [-0.2, -0.15) is 0 Å². The number of benzene rings is 1. The number of urea groups is 1. The van der Waals surface area contributed by atoms with E-state index in [9.17, 15) is 9.59 Å². The SMILES string of the molecule is C=CN(/C(=N\C)c1cccc(NC(=O)c2cc3c(cc2F)CN(C(=O)NC(C)(C)C)Cc2c(C4CC4)ncn2-3)n1)C(C)C. The quantitative estimate of drug-likeness (QED) is 0.289. The highest BCUT2D eigenvalue weighted by Gasteiger charge is 2.34. The lowest BCUT2D eigenvalue weighted by Gasteiger charge is -2.27. The highest BCUT2D eigenvalue weighted by molar-refractivity contribution is 6.05. The topological polar surface area (TPSA) is 108 Å². The molecule has 0 radical (unpaired) electrons. The number of carbonyl (C=O) groups is 2. The van der Waals surface area contributed by atoms with Gasteiger partial charge in [-0.25, -0.2) is 19.2 Å². The van der Waals surface area contributed by atoms with Gasteiger partial charge in [0.1, 0.15) is 17.3 Å². The van der Waals surface area contributed by atoms with Crippen LogP contribution >= 0.6 is 0 Å². The Hall–Kier alpha value is -4.54. The van der Waals surface area contributed by atoms with Gasteiger partial charge >= 0.3 is 6.03 Å². The molecule has 2 aromatic heterocycles. The van der Waals surface area contributed by atoms with Gasteiger partial charge < -0.3 is 25.0 Å². The summed E-state index contributed by atoms with van der Waals surface area (Å²) in [4.78, 5) is 43.9. The molecule has 1 saturated carbocycles. The molecule has 0 spiro atoms. The van der Waals surface area contributed by atoms with Crippen molar-refractivity contribution < 1.29 is 14.0 Å². The van der Waals surface area contributed by atoms with Crippen LogP contribution in [0.1, 0.15) is 86.4 Å². The highest BCUT2D eigenvalue weighted by Crippen LogP contribution is 2.42. The average Bonchev–Trinajstić information content (AvgIpc) is 3.72. The van der Waals surface area contributed by atoms with E-state index < -0.39 is 17.3 Å². The molecule has 11 heteroatoms. The molecule has 2 aliphatic rings. The van der Waals surface area contributed by atoms with Crippen molar-refractivity contribution in [2.24, 2.45) is 4.99 Å². The lowest BCUT2D eigenvalue weighted by Crippen LogP contribution is -2.47. The first-order valence-electron chi connectivity index (χ1n) is 14.5. The fraction of sp³-hybridized carbons (Fsp3) is 0.406. The number of carbonyl (C=O) groups excluding carboxylic acids is 2. The third-order valence-electron chi connectivity index (χ3n) is 7.44. The summed E-state index contributed by atoms with van der Waals surface area (Å²) in [5.41, 5.74) is 2.99. The second kappa shape index (κ2) is 11.6. The Morgan fingerprint density at radius 2 is 1.95 bits per heavy atom. The summed E-state index contributed by atoms with van der Waals surface area (Å²) >= 11 is 0. The van der Waals surface area contributed by atoms with Crippen molar-refractivity contribution in [2.75, 3.05) is 12.4 Å². The monoisotopic (exact) mass is 586 g/mol. The molecule has 43 heavy (non-hydrogen) atoms. The lowest BCUT2D eigenvalue weighted by molar-refractivity contribution is 0.102. The van der Waals surface area contributed by atoms with Crippen molar-refractivity contribution >= 4 is 23.6 Å². The fourth-order valence-corrected chi connectivity index (χ4v) is 5.28. The predicted molar refractivity (Wildman–Crippen MR) is 165 cm³/mol. The summed E-state index contributed by atoms with van der Waals surface area (Å²) in [7, 11) is 1.67. The minimum absolute atomic E-state index is 0.0916. The minimum Gasteiger partial charge on any atom is -0.333 e. The number of nitrogens with zero attached hydrogens (tertiary/aromatic N) is 6. The van der Waals surface area contributed by atoms with Crippen LogP contribution in [-0.4, -0.2) is 60.7 Å². The summed E-state index contributed by atoms with van der Waals surface area (Å²) in [5, 5.41) is 5.76. The second-order valence-electron chi connectivity index (χ2n) is 12.3. The Balaban J connectivity index is 1.48. The third-order valence-corrected chi connectivity index (χ3v) is 7.44. The Kier molecular flexibility index (Phi) is 8.09. The number of aromatic nitrogens is 3. The number of hydrogen-bond acceptors (Lipinski definition) is 5. The molecule has 1 aliphatic carbocycles. The second-order valence-corrected chi connectivity index (χ2v) is 12.3. The molecule has 2 N–H and O–H groups in total. The van der Waals surface area contributed by atoms with Crippen LogP contribution in [0.15, 0.2) is 54.4 Å². The van der Waals surface area contributed by atoms with Gasteiger partial charge in [-0.05, 0) is 83.5 Å². The van der Waals surface area contributed by atoms with Crippen molar-refractivity contribution in [2.45, 2.75) is 78.0 Å². The van der Waals surface area contributed by atoms with E-state index in [1.54, 1.807) is 42.7 Å². The summed E-state index contributed by atoms with van der Waals surface area (Å²) in [5.74, 6) is -0.134. The maximum atomic E-state index is 15.6. The zero-order chi connectivity index (χ0) is 31.1. The van der Waals surface area contributed by atoms with Gasteiger partial charge in [0.15, 0.2) is 5.84 Å². The zero-order valence-corrected chi connectivity index (χ0v) is 25.6. The van der Waals surface area contributed by atoms with E-state index in [4.69, 9.17) is 0 Å². The van der Waals surface area contributed by atoms with Crippen LogP contribution in [0, 0.1) is 5.82 Å². The Bertz CT molecular complexity index is 1600. The van der Waals surface area contributed by atoms with Crippen LogP contribution in [-0.2, 0) is 13.1 Å². The van der Waals surface area contributed by atoms with E-state index in [0.29, 0.717) is 35.2 Å². The van der Waals surface area contributed by atoms with Crippen molar-refractivity contribution in [3.8, 4) is 5.69 Å². The fourth-order valence-electron chi connectivity index (χ4n) is 5.28. The summed E-state index contributed by atoms with van der Waals surface area (Å²) in [6.07, 6.45) is 5.47. The van der Waals surface area contributed by atoms with E-state index in [1.165, 1.54) is 12.1 Å². The molecule has 1 fully saturated rings. The van der Waals surface area contributed by atoms with Gasteiger partial charge in [0.05, 0.1) is 35.5 Å². The summed E-state index contributed by atoms with van der Waals surface area (Å²) in [6.45, 7) is 14.1. The van der Waals surface area contributed by atoms with E-state index in [-0.39, 0.29) is 30.0 Å². The summed E-state index contributed by atoms with van der Waals surface area (Å²) < 4.78 is 17.5. The number of pyridine rings is 1. The van der Waals surface area contributed by atoms with Crippen molar-refractivity contribution in [1.29, 1.82) is 0 Å². The maximum absolute atomic E-state index is 15.6. The van der Waals surface area contributed by atoms with E-state index in [2.05, 4.69) is 32.2 Å². The molecule has 1 aliphatic heterocycles. The van der Waals surface area contributed by atoms with Crippen molar-refractivity contribution in [3.63, 3.8) is 0 Å². The van der Waals surface area contributed by atoms with E-state index in [0.717, 1.165) is 24.2 Å². The van der Waals surface area contributed by atoms with Gasteiger partial charge in [-0.3, -0.25) is 9.79 Å². The van der Waals surface area contributed by atoms with Crippen LogP contribution in [0.25, 0.3) is 5.69 Å². The molecule has 0 unspecified atom stereocenters. The maximum Gasteiger partial charge on any atom is 0.318 e. The van der Waals surface area contributed by atoms with Gasteiger partial charge in [-0.1, -0.05) is 12.6 Å². The number of halogens is 1.